The van der Waals surface area contributed by atoms with Crippen molar-refractivity contribution >= 4 is 17.3 Å². The maximum Gasteiger partial charge on any atom is 0.227 e. The second kappa shape index (κ2) is 3.33. The zero-order chi connectivity index (χ0) is 10.1. The van der Waals surface area contributed by atoms with Gasteiger partial charge in [0, 0.05) is 24.3 Å². The third-order valence-electron chi connectivity index (χ3n) is 2.47. The lowest BCUT2D eigenvalue weighted by Crippen LogP contribution is -2.23. The van der Waals surface area contributed by atoms with E-state index in [4.69, 9.17) is 5.73 Å². The van der Waals surface area contributed by atoms with Crippen molar-refractivity contribution in [3.8, 4) is 0 Å². The van der Waals surface area contributed by atoms with Crippen LogP contribution in [0.5, 0.6) is 0 Å². The van der Waals surface area contributed by atoms with E-state index in [9.17, 15) is 4.79 Å². The van der Waals surface area contributed by atoms with E-state index >= 15 is 0 Å². The fraction of sp³-hybridized carbons (Fsp3) is 0.364. The van der Waals surface area contributed by atoms with Gasteiger partial charge in [-0.05, 0) is 37.1 Å². The van der Waals surface area contributed by atoms with Crippen molar-refractivity contribution in [2.75, 3.05) is 17.2 Å². The number of rotatable bonds is 1. The summed E-state index contributed by atoms with van der Waals surface area (Å²) < 4.78 is 0. The molecular weight excluding hydrogens is 176 g/mol. The van der Waals surface area contributed by atoms with Crippen LogP contribution in [-0.4, -0.2) is 12.5 Å². The Hall–Kier alpha value is -1.51. The highest BCUT2D eigenvalue weighted by atomic mass is 16.2. The summed E-state index contributed by atoms with van der Waals surface area (Å²) >= 11 is 0. The normalized spacial score (nSPS) is 16.4. The fourth-order valence-electron chi connectivity index (χ4n) is 1.87. The van der Waals surface area contributed by atoms with Gasteiger partial charge in [-0.2, -0.15) is 0 Å². The first kappa shape index (κ1) is 9.06. The molecule has 0 spiro atoms. The molecule has 1 aromatic rings. The topological polar surface area (TPSA) is 46.3 Å². The first-order valence-corrected chi connectivity index (χ1v) is 4.84. The third kappa shape index (κ3) is 1.58. The Labute approximate surface area is 83.5 Å². The van der Waals surface area contributed by atoms with Crippen LogP contribution in [0.4, 0.5) is 11.4 Å². The van der Waals surface area contributed by atoms with Crippen molar-refractivity contribution in [3.63, 3.8) is 0 Å². The fourth-order valence-corrected chi connectivity index (χ4v) is 1.87. The van der Waals surface area contributed by atoms with Gasteiger partial charge in [0.25, 0.3) is 0 Å². The van der Waals surface area contributed by atoms with Gasteiger partial charge in [0.05, 0.1) is 0 Å². The van der Waals surface area contributed by atoms with Crippen LogP contribution in [0, 0.1) is 6.92 Å². The second-order valence-corrected chi connectivity index (χ2v) is 3.75. The Kier molecular flexibility index (Phi) is 2.15. The molecule has 0 aliphatic carbocycles. The molecule has 1 aliphatic heterocycles. The Morgan fingerprint density at radius 2 is 2.14 bits per heavy atom. The average molecular weight is 190 g/mol. The molecule has 0 radical (unpaired) electrons. The molecule has 1 fully saturated rings. The quantitative estimate of drug-likeness (QED) is 0.685. The molecule has 0 saturated carbocycles. The molecule has 74 valence electrons. The highest BCUT2D eigenvalue weighted by Gasteiger charge is 2.21. The van der Waals surface area contributed by atoms with E-state index in [2.05, 4.69) is 0 Å². The standard InChI is InChI=1S/C11H14N2O/c1-8-5-9(12)7-10(6-8)13-4-2-3-11(13)14/h5-7H,2-4,12H2,1H3. The summed E-state index contributed by atoms with van der Waals surface area (Å²) in [6, 6.07) is 5.76. The van der Waals surface area contributed by atoms with Gasteiger partial charge in [0.1, 0.15) is 0 Å². The number of carbonyl (C=O) groups is 1. The smallest absolute Gasteiger partial charge is 0.227 e. The van der Waals surface area contributed by atoms with E-state index in [1.54, 1.807) is 0 Å². The number of carbonyl (C=O) groups excluding carboxylic acids is 1. The van der Waals surface area contributed by atoms with E-state index in [-0.39, 0.29) is 5.91 Å². The zero-order valence-corrected chi connectivity index (χ0v) is 8.29. The first-order valence-electron chi connectivity index (χ1n) is 4.84. The SMILES string of the molecule is Cc1cc(N)cc(N2CCCC2=O)c1. The number of nitrogens with zero attached hydrogens (tertiary/aromatic N) is 1. The van der Waals surface area contributed by atoms with E-state index < -0.39 is 0 Å². The first-order chi connectivity index (χ1) is 6.66. The van der Waals surface area contributed by atoms with Gasteiger partial charge < -0.3 is 10.6 Å². The monoisotopic (exact) mass is 190 g/mol. The van der Waals surface area contributed by atoms with Crippen LogP contribution in [0.25, 0.3) is 0 Å². The molecule has 2 rings (SSSR count). The molecule has 1 saturated heterocycles. The summed E-state index contributed by atoms with van der Waals surface area (Å²) in [4.78, 5) is 13.3. The van der Waals surface area contributed by atoms with Gasteiger partial charge in [-0.25, -0.2) is 0 Å². The molecule has 0 unspecified atom stereocenters. The van der Waals surface area contributed by atoms with Crippen molar-refractivity contribution in [2.24, 2.45) is 0 Å². The number of benzene rings is 1. The molecule has 0 aromatic heterocycles. The second-order valence-electron chi connectivity index (χ2n) is 3.75. The summed E-state index contributed by atoms with van der Waals surface area (Å²) in [6.45, 7) is 2.81. The number of nitrogen functional groups attached to an aromatic ring is 1. The predicted molar refractivity (Wildman–Crippen MR) is 57.2 cm³/mol. The summed E-state index contributed by atoms with van der Waals surface area (Å²) in [5, 5.41) is 0. The molecule has 0 atom stereocenters. The molecule has 1 aliphatic rings. The minimum atomic E-state index is 0.204. The van der Waals surface area contributed by atoms with Crippen molar-refractivity contribution in [1.29, 1.82) is 0 Å². The largest absolute Gasteiger partial charge is 0.399 e. The highest BCUT2D eigenvalue weighted by molar-refractivity contribution is 5.95. The third-order valence-corrected chi connectivity index (χ3v) is 2.47. The van der Waals surface area contributed by atoms with Gasteiger partial charge in [-0.3, -0.25) is 4.79 Å². The van der Waals surface area contributed by atoms with Crippen molar-refractivity contribution < 1.29 is 4.79 Å². The molecule has 3 nitrogen and oxygen atoms in total. The molecule has 3 heteroatoms. The average Bonchev–Trinajstić information content (AvgIpc) is 2.49. The van der Waals surface area contributed by atoms with Crippen LogP contribution < -0.4 is 10.6 Å². The summed E-state index contributed by atoms with van der Waals surface area (Å²) in [6.07, 6.45) is 1.61. The van der Waals surface area contributed by atoms with E-state index in [1.165, 1.54) is 0 Å². The molecular formula is C11H14N2O. The zero-order valence-electron chi connectivity index (χ0n) is 8.29. The van der Waals surface area contributed by atoms with Gasteiger partial charge >= 0.3 is 0 Å². The van der Waals surface area contributed by atoms with Crippen molar-refractivity contribution in [1.82, 2.24) is 0 Å². The van der Waals surface area contributed by atoms with Crippen LogP contribution in [0.15, 0.2) is 18.2 Å². The predicted octanol–water partition coefficient (Wildman–Crippen LogP) is 1.70. The summed E-state index contributed by atoms with van der Waals surface area (Å²) in [7, 11) is 0. The van der Waals surface area contributed by atoms with E-state index in [0.29, 0.717) is 6.42 Å². The molecule has 1 amide bonds. The Morgan fingerprint density at radius 1 is 1.36 bits per heavy atom. The number of amides is 1. The van der Waals surface area contributed by atoms with Gasteiger partial charge in [-0.1, -0.05) is 0 Å². The van der Waals surface area contributed by atoms with Crippen LogP contribution in [0.2, 0.25) is 0 Å². The Balaban J connectivity index is 2.35. The van der Waals surface area contributed by atoms with Gasteiger partial charge in [0.2, 0.25) is 5.91 Å². The molecule has 2 N–H and O–H groups in total. The number of hydrogen-bond acceptors (Lipinski definition) is 2. The van der Waals surface area contributed by atoms with Crippen LogP contribution >= 0.6 is 0 Å². The molecule has 0 bridgehead atoms. The molecule has 1 aromatic carbocycles. The summed E-state index contributed by atoms with van der Waals surface area (Å²) in [5.74, 6) is 0.204. The van der Waals surface area contributed by atoms with E-state index in [0.717, 1.165) is 29.9 Å². The number of hydrogen-bond donors (Lipinski definition) is 1. The van der Waals surface area contributed by atoms with E-state index in [1.807, 2.05) is 30.0 Å². The van der Waals surface area contributed by atoms with Gasteiger partial charge in [-0.15, -0.1) is 0 Å². The lowest BCUT2D eigenvalue weighted by molar-refractivity contribution is -0.117. The molecule has 14 heavy (non-hydrogen) atoms. The maximum absolute atomic E-state index is 11.5. The number of aryl methyl sites for hydroxylation is 1. The lowest BCUT2D eigenvalue weighted by atomic mass is 10.2. The maximum atomic E-state index is 11.5. The number of anilines is 2. The van der Waals surface area contributed by atoms with Crippen molar-refractivity contribution in [3.05, 3.63) is 23.8 Å². The highest BCUT2D eigenvalue weighted by Crippen LogP contribution is 2.24. The minimum Gasteiger partial charge on any atom is -0.399 e. The van der Waals surface area contributed by atoms with Crippen LogP contribution in [-0.2, 0) is 4.79 Å². The number of nitrogens with two attached hydrogens (primary N) is 1. The minimum absolute atomic E-state index is 0.204. The Bertz CT molecular complexity index is 353. The van der Waals surface area contributed by atoms with Crippen LogP contribution in [0.1, 0.15) is 18.4 Å². The van der Waals surface area contributed by atoms with Gasteiger partial charge in [0.15, 0.2) is 0 Å². The van der Waals surface area contributed by atoms with Crippen molar-refractivity contribution in [2.45, 2.75) is 19.8 Å². The summed E-state index contributed by atoms with van der Waals surface area (Å²) in [5.41, 5.74) is 8.49. The van der Waals surface area contributed by atoms with Crippen LogP contribution in [0.3, 0.4) is 0 Å². The Morgan fingerprint density at radius 3 is 2.71 bits per heavy atom. The lowest BCUT2D eigenvalue weighted by Gasteiger charge is -2.16. The molecule has 1 heterocycles.